The predicted molar refractivity (Wildman–Crippen MR) is 55.5 cm³/mol. The van der Waals surface area contributed by atoms with Gasteiger partial charge in [-0.3, -0.25) is 0 Å². The molecule has 0 radical (unpaired) electrons. The first kappa shape index (κ1) is 7.39. The van der Waals surface area contributed by atoms with E-state index >= 15 is 0 Å². The van der Waals surface area contributed by atoms with Crippen LogP contribution in [-0.4, -0.2) is 5.11 Å². The fourth-order valence-corrected chi connectivity index (χ4v) is 2.67. The number of benzene rings is 1. The summed E-state index contributed by atoms with van der Waals surface area (Å²) < 4.78 is 1.21. The van der Waals surface area contributed by atoms with Crippen LogP contribution in [0.5, 0.6) is 5.75 Å². The summed E-state index contributed by atoms with van der Waals surface area (Å²) in [6, 6.07) is 5.94. The van der Waals surface area contributed by atoms with Gasteiger partial charge in [-0.2, -0.15) is 0 Å². The molecule has 0 saturated heterocycles. The summed E-state index contributed by atoms with van der Waals surface area (Å²) in [5, 5.41) is 12.9. The van der Waals surface area contributed by atoms with Crippen molar-refractivity contribution in [1.29, 1.82) is 0 Å². The number of aromatic hydroxyl groups is 1. The van der Waals surface area contributed by atoms with E-state index < -0.39 is 0 Å². The predicted octanol–water partition coefficient (Wildman–Crippen LogP) is 3.48. The summed E-state index contributed by atoms with van der Waals surface area (Å²) in [6.07, 6.45) is 2.57. The quantitative estimate of drug-likeness (QED) is 0.729. The second-order valence-corrected chi connectivity index (χ2v) is 4.59. The molecule has 0 aliphatic heterocycles. The molecule has 13 heavy (non-hydrogen) atoms. The van der Waals surface area contributed by atoms with Crippen LogP contribution in [0.15, 0.2) is 23.6 Å². The van der Waals surface area contributed by atoms with Crippen LogP contribution < -0.4 is 0 Å². The molecule has 0 amide bonds. The minimum Gasteiger partial charge on any atom is -0.508 e. The lowest BCUT2D eigenvalue weighted by molar-refractivity contribution is 0.475. The first-order valence-corrected chi connectivity index (χ1v) is 5.42. The number of hydrogen-bond donors (Lipinski definition) is 1. The van der Waals surface area contributed by atoms with Crippen LogP contribution in [0, 0.1) is 0 Å². The van der Waals surface area contributed by atoms with Gasteiger partial charge >= 0.3 is 0 Å². The standard InChI is InChI=1S/C11H10OS/c12-8-5-10(7-1-2-7)9-3-4-13-11(9)6-8/h3-7,12H,1-2H2. The lowest BCUT2D eigenvalue weighted by Crippen LogP contribution is -1.79. The first-order chi connectivity index (χ1) is 6.34. The Bertz CT molecular complexity index is 454. The van der Waals surface area contributed by atoms with Crippen molar-refractivity contribution in [3.8, 4) is 5.75 Å². The number of phenolic OH excluding ortho intramolecular Hbond substituents is 1. The lowest BCUT2D eigenvalue weighted by atomic mass is 10.1. The van der Waals surface area contributed by atoms with Crippen molar-refractivity contribution in [2.24, 2.45) is 0 Å². The number of fused-ring (bicyclic) bond motifs is 1. The summed E-state index contributed by atoms with van der Waals surface area (Å²) in [5.41, 5.74) is 1.34. The highest BCUT2D eigenvalue weighted by Crippen LogP contribution is 2.45. The van der Waals surface area contributed by atoms with Gasteiger partial charge < -0.3 is 5.11 Å². The fourth-order valence-electron chi connectivity index (χ4n) is 1.82. The first-order valence-electron chi connectivity index (χ1n) is 4.55. The molecule has 1 N–H and O–H groups in total. The molecule has 1 aliphatic carbocycles. The number of rotatable bonds is 1. The highest BCUT2D eigenvalue weighted by molar-refractivity contribution is 7.17. The van der Waals surface area contributed by atoms with E-state index in [4.69, 9.17) is 0 Å². The monoisotopic (exact) mass is 190 g/mol. The maximum Gasteiger partial charge on any atom is 0.117 e. The van der Waals surface area contributed by atoms with Gasteiger partial charge in [-0.05, 0) is 53.3 Å². The smallest absolute Gasteiger partial charge is 0.117 e. The maximum atomic E-state index is 9.51. The Labute approximate surface area is 80.6 Å². The molecule has 66 valence electrons. The second kappa shape index (κ2) is 2.48. The van der Waals surface area contributed by atoms with Gasteiger partial charge in [0.2, 0.25) is 0 Å². The van der Waals surface area contributed by atoms with E-state index in [-0.39, 0.29) is 0 Å². The van der Waals surface area contributed by atoms with Gasteiger partial charge in [0.05, 0.1) is 0 Å². The summed E-state index contributed by atoms with van der Waals surface area (Å²) in [5.74, 6) is 1.13. The fraction of sp³-hybridized carbons (Fsp3) is 0.273. The Hall–Kier alpha value is -1.02. The topological polar surface area (TPSA) is 20.2 Å². The third-order valence-corrected chi connectivity index (χ3v) is 3.47. The Morgan fingerprint density at radius 1 is 1.31 bits per heavy atom. The molecule has 3 rings (SSSR count). The summed E-state index contributed by atoms with van der Waals surface area (Å²) in [7, 11) is 0. The molecule has 2 heteroatoms. The molecular weight excluding hydrogens is 180 g/mol. The van der Waals surface area contributed by atoms with Crippen molar-refractivity contribution in [1.82, 2.24) is 0 Å². The van der Waals surface area contributed by atoms with Crippen molar-refractivity contribution in [3.63, 3.8) is 0 Å². The van der Waals surface area contributed by atoms with Crippen molar-refractivity contribution in [2.75, 3.05) is 0 Å². The molecule has 0 spiro atoms. The molecule has 0 bridgehead atoms. The van der Waals surface area contributed by atoms with Crippen molar-refractivity contribution in [2.45, 2.75) is 18.8 Å². The van der Waals surface area contributed by atoms with E-state index in [2.05, 4.69) is 11.4 Å². The molecular formula is C11H10OS. The van der Waals surface area contributed by atoms with Gasteiger partial charge in [0.15, 0.2) is 0 Å². The summed E-state index contributed by atoms with van der Waals surface area (Å²) in [4.78, 5) is 0. The van der Waals surface area contributed by atoms with Crippen LogP contribution in [0.2, 0.25) is 0 Å². The van der Waals surface area contributed by atoms with Gasteiger partial charge in [0.25, 0.3) is 0 Å². The Morgan fingerprint density at radius 2 is 2.15 bits per heavy atom. The van der Waals surface area contributed by atoms with Gasteiger partial charge in [-0.1, -0.05) is 0 Å². The van der Waals surface area contributed by atoms with Crippen LogP contribution in [-0.2, 0) is 0 Å². The molecule has 1 fully saturated rings. The number of hydrogen-bond acceptors (Lipinski definition) is 2. The van der Waals surface area contributed by atoms with Gasteiger partial charge in [0, 0.05) is 4.70 Å². The Balaban J connectivity index is 2.33. The number of thiophene rings is 1. The van der Waals surface area contributed by atoms with E-state index in [0.29, 0.717) is 11.7 Å². The molecule has 1 saturated carbocycles. The molecule has 1 aromatic heterocycles. The molecule has 0 unspecified atom stereocenters. The molecule has 1 aliphatic rings. The summed E-state index contributed by atoms with van der Waals surface area (Å²) >= 11 is 1.70. The largest absolute Gasteiger partial charge is 0.508 e. The average Bonchev–Trinajstić information content (AvgIpc) is 2.84. The van der Waals surface area contributed by atoms with Crippen LogP contribution in [0.25, 0.3) is 10.1 Å². The SMILES string of the molecule is Oc1cc(C2CC2)c2ccsc2c1. The van der Waals surface area contributed by atoms with Crippen LogP contribution in [0.3, 0.4) is 0 Å². The van der Waals surface area contributed by atoms with Crippen LogP contribution >= 0.6 is 11.3 Å². The van der Waals surface area contributed by atoms with Gasteiger partial charge in [-0.15, -0.1) is 11.3 Å². The second-order valence-electron chi connectivity index (χ2n) is 3.64. The van der Waals surface area contributed by atoms with E-state index in [1.165, 1.54) is 28.5 Å². The zero-order chi connectivity index (χ0) is 8.84. The van der Waals surface area contributed by atoms with Crippen molar-refractivity contribution >= 4 is 21.4 Å². The molecule has 2 aromatic rings. The third-order valence-electron chi connectivity index (χ3n) is 2.61. The maximum absolute atomic E-state index is 9.51. The van der Waals surface area contributed by atoms with Gasteiger partial charge in [-0.25, -0.2) is 0 Å². The molecule has 0 atom stereocenters. The van der Waals surface area contributed by atoms with E-state index in [0.717, 1.165) is 0 Å². The average molecular weight is 190 g/mol. The van der Waals surface area contributed by atoms with Crippen LogP contribution in [0.1, 0.15) is 24.3 Å². The molecule has 1 nitrogen and oxygen atoms in total. The minimum atomic E-state index is 0.414. The Kier molecular flexibility index (Phi) is 1.41. The normalized spacial score (nSPS) is 16.6. The minimum absolute atomic E-state index is 0.414. The zero-order valence-electron chi connectivity index (χ0n) is 7.16. The summed E-state index contributed by atoms with van der Waals surface area (Å²) in [6.45, 7) is 0. The number of phenols is 1. The Morgan fingerprint density at radius 3 is 2.92 bits per heavy atom. The molecule has 1 heterocycles. The zero-order valence-corrected chi connectivity index (χ0v) is 7.97. The van der Waals surface area contributed by atoms with E-state index in [1.807, 2.05) is 12.1 Å². The lowest BCUT2D eigenvalue weighted by Gasteiger charge is -2.01. The highest BCUT2D eigenvalue weighted by atomic mass is 32.1. The van der Waals surface area contributed by atoms with E-state index in [1.54, 1.807) is 11.3 Å². The van der Waals surface area contributed by atoms with Crippen LogP contribution in [0.4, 0.5) is 0 Å². The van der Waals surface area contributed by atoms with Gasteiger partial charge in [0.1, 0.15) is 5.75 Å². The van der Waals surface area contributed by atoms with Crippen molar-refractivity contribution in [3.05, 3.63) is 29.1 Å². The van der Waals surface area contributed by atoms with Crippen molar-refractivity contribution < 1.29 is 5.11 Å². The third kappa shape index (κ3) is 1.13. The van der Waals surface area contributed by atoms with E-state index in [9.17, 15) is 5.11 Å². The highest BCUT2D eigenvalue weighted by Gasteiger charge is 2.25. The molecule has 1 aromatic carbocycles.